The molecule has 0 spiro atoms. The zero-order valence-corrected chi connectivity index (χ0v) is 10.3. The van der Waals surface area contributed by atoms with Crippen molar-refractivity contribution in [1.29, 1.82) is 0 Å². The van der Waals surface area contributed by atoms with Crippen LogP contribution < -0.4 is 11.1 Å². The molecule has 0 fully saturated rings. The molecule has 2 aromatic rings. The van der Waals surface area contributed by atoms with E-state index in [2.05, 4.69) is 32.3 Å². The van der Waals surface area contributed by atoms with Gasteiger partial charge < -0.3 is 5.73 Å². The Labute approximate surface area is 114 Å². The summed E-state index contributed by atoms with van der Waals surface area (Å²) in [7, 11) is 0. The number of carbonyl (C=O) groups excluding carboxylic acids is 1. The fourth-order valence-corrected chi connectivity index (χ4v) is 1.40. The Morgan fingerprint density at radius 2 is 2.25 bits per heavy atom. The summed E-state index contributed by atoms with van der Waals surface area (Å²) in [6.45, 7) is 0.183. The maximum absolute atomic E-state index is 13.8. The molecule has 6 nitrogen and oxygen atoms in total. The van der Waals surface area contributed by atoms with Gasteiger partial charge in [0.25, 0.3) is 5.91 Å². The third-order valence-electron chi connectivity index (χ3n) is 2.26. The third kappa shape index (κ3) is 3.34. The molecule has 0 saturated heterocycles. The normalized spacial score (nSPS) is 9.50. The quantitative estimate of drug-likeness (QED) is 0.779. The van der Waals surface area contributed by atoms with Crippen LogP contribution in [0.2, 0.25) is 0 Å². The van der Waals surface area contributed by atoms with E-state index in [1.54, 1.807) is 0 Å². The summed E-state index contributed by atoms with van der Waals surface area (Å²) < 4.78 is 13.8. The summed E-state index contributed by atoms with van der Waals surface area (Å²) in [6.07, 6.45) is 2.73. The standard InChI is InChI=1S/C13H10FN5O/c14-11-8-9(2-1-5-15)3-4-10(11)12(20)18-13-16-6-7-17-19-13/h3-4,6-8H,5,15H2,(H,16,18,19,20). The highest BCUT2D eigenvalue weighted by molar-refractivity contribution is 6.03. The van der Waals surface area contributed by atoms with Crippen molar-refractivity contribution in [2.75, 3.05) is 11.9 Å². The molecule has 0 atom stereocenters. The van der Waals surface area contributed by atoms with Crippen LogP contribution in [-0.2, 0) is 0 Å². The summed E-state index contributed by atoms with van der Waals surface area (Å²) in [6, 6.07) is 4.04. The minimum atomic E-state index is -0.685. The van der Waals surface area contributed by atoms with Crippen molar-refractivity contribution < 1.29 is 9.18 Å². The van der Waals surface area contributed by atoms with E-state index in [1.807, 2.05) is 0 Å². The predicted octanol–water partition coefficient (Wildman–Crippen LogP) is 0.573. The Morgan fingerprint density at radius 3 is 2.90 bits per heavy atom. The Morgan fingerprint density at radius 1 is 1.40 bits per heavy atom. The van der Waals surface area contributed by atoms with Gasteiger partial charge in [0, 0.05) is 5.56 Å². The van der Waals surface area contributed by atoms with E-state index in [1.165, 1.54) is 30.6 Å². The minimum absolute atomic E-state index is 0.00361. The maximum Gasteiger partial charge on any atom is 0.261 e. The van der Waals surface area contributed by atoms with Gasteiger partial charge in [0.1, 0.15) is 5.82 Å². The van der Waals surface area contributed by atoms with Gasteiger partial charge in [0.05, 0.1) is 24.5 Å². The summed E-state index contributed by atoms with van der Waals surface area (Å²) in [4.78, 5) is 15.6. The lowest BCUT2D eigenvalue weighted by Gasteiger charge is -2.04. The Hall–Kier alpha value is -2.85. The van der Waals surface area contributed by atoms with Gasteiger partial charge in [0.15, 0.2) is 0 Å². The molecule has 0 radical (unpaired) electrons. The molecule has 1 aromatic carbocycles. The number of hydrogen-bond acceptors (Lipinski definition) is 5. The van der Waals surface area contributed by atoms with Crippen LogP contribution in [0.5, 0.6) is 0 Å². The van der Waals surface area contributed by atoms with E-state index in [0.717, 1.165) is 0 Å². The fraction of sp³-hybridized carbons (Fsp3) is 0.0769. The zero-order chi connectivity index (χ0) is 14.4. The molecule has 2 rings (SSSR count). The number of nitrogens with two attached hydrogens (primary N) is 1. The van der Waals surface area contributed by atoms with Crippen LogP contribution in [0.15, 0.2) is 30.6 Å². The monoisotopic (exact) mass is 271 g/mol. The molecule has 1 amide bonds. The van der Waals surface area contributed by atoms with Crippen LogP contribution in [0.1, 0.15) is 15.9 Å². The maximum atomic E-state index is 13.8. The molecule has 20 heavy (non-hydrogen) atoms. The number of anilines is 1. The predicted molar refractivity (Wildman–Crippen MR) is 70.1 cm³/mol. The lowest BCUT2D eigenvalue weighted by molar-refractivity contribution is 0.102. The molecule has 0 aliphatic heterocycles. The van der Waals surface area contributed by atoms with Crippen molar-refractivity contribution in [2.45, 2.75) is 0 Å². The molecule has 1 heterocycles. The van der Waals surface area contributed by atoms with Crippen LogP contribution in [0.25, 0.3) is 0 Å². The molecule has 3 N–H and O–H groups in total. The highest BCUT2D eigenvalue weighted by Gasteiger charge is 2.13. The van der Waals surface area contributed by atoms with Crippen LogP contribution in [0.4, 0.5) is 10.3 Å². The second kappa shape index (κ2) is 6.36. The number of aromatic nitrogens is 3. The van der Waals surface area contributed by atoms with Crippen LogP contribution in [0.3, 0.4) is 0 Å². The average Bonchev–Trinajstić information content (AvgIpc) is 2.46. The highest BCUT2D eigenvalue weighted by atomic mass is 19.1. The molecule has 0 unspecified atom stereocenters. The van der Waals surface area contributed by atoms with Gasteiger partial charge in [-0.25, -0.2) is 9.37 Å². The third-order valence-corrected chi connectivity index (χ3v) is 2.26. The van der Waals surface area contributed by atoms with E-state index >= 15 is 0 Å². The number of halogens is 1. The SMILES string of the molecule is NCC#Cc1ccc(C(=O)Nc2nccnn2)c(F)c1. The first-order valence-corrected chi connectivity index (χ1v) is 5.64. The Kier molecular flexibility index (Phi) is 4.32. The summed E-state index contributed by atoms with van der Waals surface area (Å²) >= 11 is 0. The van der Waals surface area contributed by atoms with Gasteiger partial charge in [-0.15, -0.1) is 5.10 Å². The number of benzene rings is 1. The largest absolute Gasteiger partial charge is 0.320 e. The van der Waals surface area contributed by atoms with Crippen molar-refractivity contribution in [2.24, 2.45) is 5.73 Å². The Bertz CT molecular complexity index is 678. The van der Waals surface area contributed by atoms with Crippen molar-refractivity contribution in [3.63, 3.8) is 0 Å². The second-order valence-electron chi connectivity index (χ2n) is 3.62. The average molecular weight is 271 g/mol. The van der Waals surface area contributed by atoms with Crippen LogP contribution in [-0.4, -0.2) is 27.6 Å². The second-order valence-corrected chi connectivity index (χ2v) is 3.62. The number of amides is 1. The number of nitrogens with zero attached hydrogens (tertiary/aromatic N) is 3. The van der Waals surface area contributed by atoms with E-state index < -0.39 is 11.7 Å². The van der Waals surface area contributed by atoms with Crippen molar-refractivity contribution >= 4 is 11.9 Å². The zero-order valence-electron chi connectivity index (χ0n) is 10.3. The van der Waals surface area contributed by atoms with Crippen LogP contribution in [0, 0.1) is 17.7 Å². The van der Waals surface area contributed by atoms with Crippen molar-refractivity contribution in [1.82, 2.24) is 15.2 Å². The number of rotatable bonds is 2. The van der Waals surface area contributed by atoms with E-state index in [0.29, 0.717) is 5.56 Å². The molecule has 0 saturated carbocycles. The van der Waals surface area contributed by atoms with Crippen molar-refractivity contribution in [3.05, 3.63) is 47.5 Å². The topological polar surface area (TPSA) is 93.8 Å². The minimum Gasteiger partial charge on any atom is -0.320 e. The highest BCUT2D eigenvalue weighted by Crippen LogP contribution is 2.11. The summed E-state index contributed by atoms with van der Waals surface area (Å²) in [5.41, 5.74) is 5.54. The van der Waals surface area contributed by atoms with E-state index in [9.17, 15) is 9.18 Å². The summed E-state index contributed by atoms with van der Waals surface area (Å²) in [5.74, 6) is 3.94. The summed E-state index contributed by atoms with van der Waals surface area (Å²) in [5, 5.41) is 9.47. The van der Waals surface area contributed by atoms with Gasteiger partial charge in [-0.1, -0.05) is 11.8 Å². The van der Waals surface area contributed by atoms with Gasteiger partial charge in [0.2, 0.25) is 5.95 Å². The molecule has 0 bridgehead atoms. The van der Waals surface area contributed by atoms with Crippen LogP contribution >= 0.6 is 0 Å². The first-order chi connectivity index (χ1) is 9.70. The fourth-order valence-electron chi connectivity index (χ4n) is 1.40. The lowest BCUT2D eigenvalue weighted by atomic mass is 10.1. The molecule has 100 valence electrons. The van der Waals surface area contributed by atoms with Crippen molar-refractivity contribution in [3.8, 4) is 11.8 Å². The number of carbonyl (C=O) groups is 1. The molecular weight excluding hydrogens is 261 g/mol. The van der Waals surface area contributed by atoms with E-state index in [-0.39, 0.29) is 18.1 Å². The molecule has 0 aliphatic carbocycles. The number of nitrogens with one attached hydrogen (secondary N) is 1. The van der Waals surface area contributed by atoms with Gasteiger partial charge >= 0.3 is 0 Å². The molecule has 7 heteroatoms. The van der Waals surface area contributed by atoms with Gasteiger partial charge in [-0.3, -0.25) is 10.1 Å². The Balaban J connectivity index is 2.18. The molecular formula is C13H10FN5O. The smallest absolute Gasteiger partial charge is 0.261 e. The first-order valence-electron chi connectivity index (χ1n) is 5.64. The first kappa shape index (κ1) is 13.6. The molecule has 1 aromatic heterocycles. The van der Waals surface area contributed by atoms with Gasteiger partial charge in [-0.05, 0) is 18.2 Å². The number of hydrogen-bond donors (Lipinski definition) is 2. The molecule has 0 aliphatic rings. The van der Waals surface area contributed by atoms with Gasteiger partial charge in [-0.2, -0.15) is 5.10 Å². The lowest BCUT2D eigenvalue weighted by Crippen LogP contribution is -2.16. The van der Waals surface area contributed by atoms with E-state index in [4.69, 9.17) is 5.73 Å².